The van der Waals surface area contributed by atoms with Gasteiger partial charge >= 0.3 is 0 Å². The van der Waals surface area contributed by atoms with Crippen LogP contribution in [0.1, 0.15) is 10.4 Å². The van der Waals surface area contributed by atoms with E-state index in [-0.39, 0.29) is 11.3 Å². The topological polar surface area (TPSA) is 89.3 Å². The Morgan fingerprint density at radius 1 is 1.47 bits per heavy atom. The van der Waals surface area contributed by atoms with Crippen molar-refractivity contribution in [3.8, 4) is 0 Å². The van der Waals surface area contributed by atoms with E-state index >= 15 is 0 Å². The minimum absolute atomic E-state index is 0.0816. The zero-order chi connectivity index (χ0) is 11.6. The zero-order valence-electron chi connectivity index (χ0n) is 7.82. The van der Waals surface area contributed by atoms with Crippen molar-refractivity contribution in [1.82, 2.24) is 0 Å². The zero-order valence-corrected chi connectivity index (χ0v) is 8.64. The van der Waals surface area contributed by atoms with E-state index in [9.17, 15) is 17.6 Å². The highest BCUT2D eigenvalue weighted by molar-refractivity contribution is 7.92. The van der Waals surface area contributed by atoms with Gasteiger partial charge in [-0.2, -0.15) is 0 Å². The van der Waals surface area contributed by atoms with Crippen molar-refractivity contribution in [2.75, 3.05) is 11.0 Å². The number of nitrogens with one attached hydrogen (secondary N) is 1. The molecular weight excluding hydrogens is 223 g/mol. The largest absolute Gasteiger partial charge is 0.366 e. The maximum Gasteiger partial charge on any atom is 0.250 e. The van der Waals surface area contributed by atoms with E-state index in [0.717, 1.165) is 24.5 Å². The van der Waals surface area contributed by atoms with Crippen LogP contribution in [0.2, 0.25) is 0 Å². The lowest BCUT2D eigenvalue weighted by molar-refractivity contribution is 0.100. The van der Waals surface area contributed by atoms with Crippen LogP contribution in [-0.2, 0) is 10.0 Å². The molecule has 1 amide bonds. The Hall–Kier alpha value is -1.63. The summed E-state index contributed by atoms with van der Waals surface area (Å²) in [7, 11) is -3.57. The summed E-state index contributed by atoms with van der Waals surface area (Å²) in [5.41, 5.74) is 4.74. The predicted octanol–water partition coefficient (Wildman–Crippen LogP) is 0.296. The monoisotopic (exact) mass is 232 g/mol. The highest BCUT2D eigenvalue weighted by atomic mass is 32.2. The number of amides is 1. The third-order valence-electron chi connectivity index (χ3n) is 1.54. The number of carbonyl (C=O) groups is 1. The normalized spacial score (nSPS) is 11.1. The second-order valence-electron chi connectivity index (χ2n) is 2.93. The van der Waals surface area contributed by atoms with Gasteiger partial charge in [-0.3, -0.25) is 9.52 Å². The molecule has 1 aromatic rings. The highest BCUT2D eigenvalue weighted by Gasteiger charge is 2.12. The summed E-state index contributed by atoms with van der Waals surface area (Å²) in [6.07, 6.45) is 0.892. The minimum Gasteiger partial charge on any atom is -0.366 e. The van der Waals surface area contributed by atoms with E-state index in [1.807, 2.05) is 4.72 Å². The molecular formula is C8H9FN2O3S. The fourth-order valence-electron chi connectivity index (χ4n) is 1.02. The van der Waals surface area contributed by atoms with Gasteiger partial charge in [0.1, 0.15) is 5.82 Å². The van der Waals surface area contributed by atoms with Crippen LogP contribution in [0.4, 0.5) is 10.1 Å². The smallest absolute Gasteiger partial charge is 0.250 e. The van der Waals surface area contributed by atoms with Crippen LogP contribution in [0.25, 0.3) is 0 Å². The first kappa shape index (κ1) is 11.4. The lowest BCUT2D eigenvalue weighted by Gasteiger charge is -2.07. The van der Waals surface area contributed by atoms with Gasteiger partial charge < -0.3 is 5.73 Å². The van der Waals surface area contributed by atoms with Crippen LogP contribution in [0.15, 0.2) is 18.2 Å². The van der Waals surface area contributed by atoms with Crippen molar-refractivity contribution in [2.45, 2.75) is 0 Å². The molecule has 0 saturated carbocycles. The Labute approximate surface area is 86.1 Å². The molecule has 82 valence electrons. The summed E-state index contributed by atoms with van der Waals surface area (Å²) in [6, 6.07) is 3.03. The molecule has 0 heterocycles. The first-order valence-corrected chi connectivity index (χ1v) is 5.76. The summed E-state index contributed by atoms with van der Waals surface area (Å²) >= 11 is 0. The van der Waals surface area contributed by atoms with Crippen LogP contribution in [0.3, 0.4) is 0 Å². The summed E-state index contributed by atoms with van der Waals surface area (Å²) in [6.45, 7) is 0. The Morgan fingerprint density at radius 3 is 2.53 bits per heavy atom. The molecule has 0 aliphatic heterocycles. The molecule has 3 N–H and O–H groups in total. The predicted molar refractivity (Wildman–Crippen MR) is 53.4 cm³/mol. The second-order valence-corrected chi connectivity index (χ2v) is 4.68. The molecule has 0 aliphatic rings. The number of anilines is 1. The number of hydrogen-bond donors (Lipinski definition) is 2. The fourth-order valence-corrected chi connectivity index (χ4v) is 1.58. The number of nitrogens with two attached hydrogens (primary N) is 1. The first-order chi connectivity index (χ1) is 6.79. The third-order valence-corrected chi connectivity index (χ3v) is 2.13. The molecule has 0 saturated heterocycles. The lowest BCUT2D eigenvalue weighted by atomic mass is 10.2. The number of benzene rings is 1. The van der Waals surface area contributed by atoms with Crippen molar-refractivity contribution in [2.24, 2.45) is 5.73 Å². The molecule has 0 radical (unpaired) electrons. The van der Waals surface area contributed by atoms with Gasteiger partial charge in [-0.1, -0.05) is 0 Å². The molecule has 0 spiro atoms. The summed E-state index contributed by atoms with van der Waals surface area (Å²) in [5.74, 6) is -1.49. The second kappa shape index (κ2) is 3.85. The number of rotatable bonds is 3. The molecule has 0 unspecified atom stereocenters. The maximum atomic E-state index is 12.8. The maximum absolute atomic E-state index is 12.8. The summed E-state index contributed by atoms with van der Waals surface area (Å²) in [4.78, 5) is 10.9. The summed E-state index contributed by atoms with van der Waals surface area (Å²) in [5, 5.41) is 0. The van der Waals surface area contributed by atoms with Gasteiger partial charge in [-0.25, -0.2) is 12.8 Å². The minimum atomic E-state index is -3.57. The average molecular weight is 232 g/mol. The van der Waals surface area contributed by atoms with Crippen LogP contribution in [0, 0.1) is 5.82 Å². The lowest BCUT2D eigenvalue weighted by Crippen LogP contribution is -2.17. The van der Waals surface area contributed by atoms with Crippen molar-refractivity contribution in [3.63, 3.8) is 0 Å². The molecule has 0 bridgehead atoms. The van der Waals surface area contributed by atoms with E-state index in [0.29, 0.717) is 0 Å². The van der Waals surface area contributed by atoms with Gasteiger partial charge in [-0.05, 0) is 18.2 Å². The molecule has 7 heteroatoms. The van der Waals surface area contributed by atoms with E-state index in [1.165, 1.54) is 0 Å². The van der Waals surface area contributed by atoms with Crippen LogP contribution >= 0.6 is 0 Å². The van der Waals surface area contributed by atoms with E-state index in [2.05, 4.69) is 0 Å². The van der Waals surface area contributed by atoms with Crippen molar-refractivity contribution in [1.29, 1.82) is 0 Å². The molecule has 15 heavy (non-hydrogen) atoms. The average Bonchev–Trinajstić information content (AvgIpc) is 1.99. The quantitative estimate of drug-likeness (QED) is 0.785. The van der Waals surface area contributed by atoms with Gasteiger partial charge in [0.05, 0.1) is 17.5 Å². The highest BCUT2D eigenvalue weighted by Crippen LogP contribution is 2.17. The molecule has 1 rings (SSSR count). The van der Waals surface area contributed by atoms with Crippen LogP contribution < -0.4 is 10.5 Å². The Balaban J connectivity index is 3.25. The standard InChI is InChI=1S/C8H9FN2O3S/c1-15(13,14)11-7-4-5(9)2-3-6(7)8(10)12/h2-4,11H,1H3,(H2,10,12). The van der Waals surface area contributed by atoms with E-state index < -0.39 is 21.7 Å². The van der Waals surface area contributed by atoms with Crippen molar-refractivity contribution in [3.05, 3.63) is 29.6 Å². The molecule has 0 fully saturated rings. The molecule has 0 atom stereocenters. The van der Waals surface area contributed by atoms with E-state index in [4.69, 9.17) is 5.73 Å². The van der Waals surface area contributed by atoms with Gasteiger partial charge in [0.15, 0.2) is 0 Å². The first-order valence-electron chi connectivity index (χ1n) is 3.87. The number of primary amides is 1. The Kier molecular flexibility index (Phi) is 2.94. The van der Waals surface area contributed by atoms with Gasteiger partial charge in [0, 0.05) is 0 Å². The number of carbonyl (C=O) groups excluding carboxylic acids is 1. The van der Waals surface area contributed by atoms with Crippen molar-refractivity contribution < 1.29 is 17.6 Å². The number of sulfonamides is 1. The molecule has 0 aliphatic carbocycles. The fraction of sp³-hybridized carbons (Fsp3) is 0.125. The molecule has 5 nitrogen and oxygen atoms in total. The molecule has 0 aromatic heterocycles. The Bertz CT molecular complexity index is 499. The van der Waals surface area contributed by atoms with Crippen LogP contribution in [0.5, 0.6) is 0 Å². The summed E-state index contributed by atoms with van der Waals surface area (Å²) < 4.78 is 36.6. The number of halogens is 1. The number of hydrogen-bond acceptors (Lipinski definition) is 3. The molecule has 1 aromatic carbocycles. The SMILES string of the molecule is CS(=O)(=O)Nc1cc(F)ccc1C(N)=O. The van der Waals surface area contributed by atoms with E-state index in [1.54, 1.807) is 0 Å². The van der Waals surface area contributed by atoms with Gasteiger partial charge in [-0.15, -0.1) is 0 Å². The van der Waals surface area contributed by atoms with Gasteiger partial charge in [0.25, 0.3) is 5.91 Å². The Morgan fingerprint density at radius 2 is 2.07 bits per heavy atom. The van der Waals surface area contributed by atoms with Gasteiger partial charge in [0.2, 0.25) is 10.0 Å². The van der Waals surface area contributed by atoms with Crippen LogP contribution in [-0.4, -0.2) is 20.6 Å². The third kappa shape index (κ3) is 3.21. The van der Waals surface area contributed by atoms with Crippen molar-refractivity contribution >= 4 is 21.6 Å².